The lowest BCUT2D eigenvalue weighted by Gasteiger charge is -2.30. The van der Waals surface area contributed by atoms with Crippen LogP contribution in [-0.4, -0.2) is 87.1 Å². The highest BCUT2D eigenvalue weighted by atomic mass is 35.5. The fraction of sp³-hybridized carbons (Fsp3) is 0.319. The van der Waals surface area contributed by atoms with Gasteiger partial charge in [0.1, 0.15) is 29.4 Å². The summed E-state index contributed by atoms with van der Waals surface area (Å²) in [6, 6.07) is 15.5. The molecule has 0 spiro atoms. The molecule has 0 radical (unpaired) electrons. The molecule has 4 atom stereocenters. The molecular formula is C47H48Cl2F2N8O6. The third-order valence-electron chi connectivity index (χ3n) is 11.1. The Labute approximate surface area is 387 Å². The first kappa shape index (κ1) is 49.1. The summed E-state index contributed by atoms with van der Waals surface area (Å²) in [5.74, 6) is 9.88. The molecule has 2 fully saturated rings. The largest absolute Gasteiger partial charge is 0.453 e. The zero-order chi connectivity index (χ0) is 44.6. The van der Waals surface area contributed by atoms with Gasteiger partial charge in [-0.2, -0.15) is 0 Å². The minimum absolute atomic E-state index is 0. The Kier molecular flexibility index (Phi) is 16.7. The standard InChI is InChI=1S/C47H46F2N8O6.2ClH/c1-28(2)40(54-46(60)62-3)44(58)56-23-12-20-38(56)43-51-27-36(53-43)31-22-21-29(34(25-31)33-17-10-18-35(48)39(33)49)13-8-9-16-32-26-50-42(52-32)37-19-11-24-57(37)45(59)41(55-47(61)63-4)30-14-6-5-7-15-30;;/h5-7,10,14-15,17-18,21-22,25-28,37-38,40-41H,11-12,19-20,23-24H2,1-4H3,(H,50,52)(H,51,53)(H,54,60)(H,55,61);2*1H/t37-,38-,40-,41+;;/m0../s1. The van der Waals surface area contributed by atoms with Crippen molar-refractivity contribution in [2.45, 2.75) is 63.7 Å². The van der Waals surface area contributed by atoms with E-state index in [9.17, 15) is 23.6 Å². The summed E-state index contributed by atoms with van der Waals surface area (Å²) >= 11 is 0. The van der Waals surface area contributed by atoms with Crippen LogP contribution >= 0.6 is 24.8 Å². The predicted octanol–water partition coefficient (Wildman–Crippen LogP) is 7.80. The number of aromatic nitrogens is 4. The lowest BCUT2D eigenvalue weighted by atomic mass is 9.96. The van der Waals surface area contributed by atoms with E-state index in [0.717, 1.165) is 18.9 Å². The third-order valence-corrected chi connectivity index (χ3v) is 11.1. The molecule has 65 heavy (non-hydrogen) atoms. The molecule has 2 aliphatic heterocycles. The van der Waals surface area contributed by atoms with Crippen molar-refractivity contribution in [3.8, 4) is 46.1 Å². The molecule has 4 N–H and O–H groups in total. The molecule has 3 aromatic carbocycles. The number of nitrogens with zero attached hydrogens (tertiary/aromatic N) is 4. The van der Waals surface area contributed by atoms with Gasteiger partial charge in [-0.15, -0.1) is 24.8 Å². The Bertz CT molecular complexity index is 2640. The van der Waals surface area contributed by atoms with Crippen molar-refractivity contribution < 1.29 is 37.4 Å². The molecule has 2 aliphatic rings. The number of carbonyl (C=O) groups excluding carboxylic acids is 4. The van der Waals surface area contributed by atoms with Crippen molar-refractivity contribution in [2.24, 2.45) is 5.92 Å². The molecular weight excluding hydrogens is 881 g/mol. The Morgan fingerprint density at radius 3 is 2.06 bits per heavy atom. The quantitative estimate of drug-likeness (QED) is 0.103. The van der Waals surface area contributed by atoms with Crippen molar-refractivity contribution in [3.05, 3.63) is 119 Å². The zero-order valence-electron chi connectivity index (χ0n) is 35.9. The van der Waals surface area contributed by atoms with Crippen molar-refractivity contribution in [3.63, 3.8) is 0 Å². The number of likely N-dealkylation sites (tertiary alicyclic amines) is 2. The average molecular weight is 930 g/mol. The highest BCUT2D eigenvalue weighted by Crippen LogP contribution is 2.36. The third kappa shape index (κ3) is 11.1. The normalized spacial score (nSPS) is 16.1. The fourth-order valence-corrected chi connectivity index (χ4v) is 7.96. The number of nitrogens with one attached hydrogen (secondary N) is 4. The summed E-state index contributed by atoms with van der Waals surface area (Å²) in [6.45, 7) is 4.64. The van der Waals surface area contributed by atoms with Crippen LogP contribution in [0.1, 0.15) is 86.1 Å². The van der Waals surface area contributed by atoms with Crippen LogP contribution in [0, 0.1) is 41.2 Å². The van der Waals surface area contributed by atoms with Crippen molar-refractivity contribution >= 4 is 48.8 Å². The van der Waals surface area contributed by atoms with E-state index in [0.29, 0.717) is 71.2 Å². The molecule has 18 heteroatoms. The number of carbonyl (C=O) groups is 4. The molecule has 4 amide bonds. The van der Waals surface area contributed by atoms with Gasteiger partial charge in [0.25, 0.3) is 5.91 Å². The molecule has 2 aromatic heterocycles. The van der Waals surface area contributed by atoms with Gasteiger partial charge in [0, 0.05) is 35.3 Å². The molecule has 5 aromatic rings. The van der Waals surface area contributed by atoms with E-state index in [-0.39, 0.29) is 60.2 Å². The van der Waals surface area contributed by atoms with Gasteiger partial charge in [0.2, 0.25) is 5.91 Å². The van der Waals surface area contributed by atoms with Crippen LogP contribution in [-0.2, 0) is 19.1 Å². The van der Waals surface area contributed by atoms with Crippen LogP contribution in [0.3, 0.4) is 0 Å². The SMILES string of the molecule is COC(=O)N[C@H](C(=O)N1CCC[C@H]1c1ncc(-c2ccc(C#CC#Cc3cnc([C@@H]4CCCN4C(=O)[C@H](NC(=O)OC)c4ccccc4)[nH]3)c(-c3cccc(F)c3F)c2)[nH]1)C(C)C.Cl.Cl. The van der Waals surface area contributed by atoms with Gasteiger partial charge in [0.05, 0.1) is 44.4 Å². The lowest BCUT2D eigenvalue weighted by molar-refractivity contribution is -0.135. The van der Waals surface area contributed by atoms with Crippen LogP contribution < -0.4 is 10.6 Å². The molecule has 0 bridgehead atoms. The Morgan fingerprint density at radius 1 is 0.754 bits per heavy atom. The van der Waals surface area contributed by atoms with Crippen LogP contribution in [0.4, 0.5) is 18.4 Å². The second-order valence-corrected chi connectivity index (χ2v) is 15.4. The molecule has 0 aliphatic carbocycles. The maximum absolute atomic E-state index is 15.4. The highest BCUT2D eigenvalue weighted by molar-refractivity contribution is 5.88. The summed E-state index contributed by atoms with van der Waals surface area (Å²) in [7, 11) is 2.48. The zero-order valence-corrected chi connectivity index (χ0v) is 37.6. The number of alkyl carbamates (subject to hydrolysis) is 2. The fourth-order valence-electron chi connectivity index (χ4n) is 7.96. The molecule has 0 unspecified atom stereocenters. The minimum atomic E-state index is -1.03. The van der Waals surface area contributed by atoms with Crippen LogP contribution in [0.2, 0.25) is 0 Å². The summed E-state index contributed by atoms with van der Waals surface area (Å²) in [5.41, 5.74) is 2.99. The number of aromatic amines is 2. The number of halogens is 4. The number of methoxy groups -OCH3 is 2. The molecule has 4 heterocycles. The van der Waals surface area contributed by atoms with E-state index < -0.39 is 35.9 Å². The average Bonchev–Trinajstić information content (AvgIpc) is 4.14. The van der Waals surface area contributed by atoms with Gasteiger partial charge in [-0.25, -0.2) is 28.3 Å². The number of amides is 4. The van der Waals surface area contributed by atoms with E-state index in [1.165, 1.54) is 26.4 Å². The summed E-state index contributed by atoms with van der Waals surface area (Å²) in [6.07, 6.45) is 4.53. The van der Waals surface area contributed by atoms with E-state index in [1.54, 1.807) is 64.7 Å². The molecule has 0 saturated carbocycles. The number of benzene rings is 3. The van der Waals surface area contributed by atoms with Gasteiger partial charge >= 0.3 is 12.2 Å². The smallest absolute Gasteiger partial charge is 0.407 e. The summed E-state index contributed by atoms with van der Waals surface area (Å²) in [5, 5.41) is 5.30. The first-order valence-corrected chi connectivity index (χ1v) is 20.5. The molecule has 7 rings (SSSR count). The van der Waals surface area contributed by atoms with Crippen molar-refractivity contribution in [2.75, 3.05) is 27.3 Å². The van der Waals surface area contributed by atoms with Gasteiger partial charge in [-0.3, -0.25) is 9.59 Å². The minimum Gasteiger partial charge on any atom is -0.453 e. The monoisotopic (exact) mass is 928 g/mol. The highest BCUT2D eigenvalue weighted by Gasteiger charge is 2.39. The molecule has 340 valence electrons. The second-order valence-electron chi connectivity index (χ2n) is 15.4. The number of H-pyrrole nitrogens is 2. The topological polar surface area (TPSA) is 175 Å². The molecule has 14 nitrogen and oxygen atoms in total. The first-order chi connectivity index (χ1) is 30.5. The van der Waals surface area contributed by atoms with Crippen molar-refractivity contribution in [1.29, 1.82) is 0 Å². The maximum Gasteiger partial charge on any atom is 0.407 e. The van der Waals surface area contributed by atoms with Crippen molar-refractivity contribution in [1.82, 2.24) is 40.4 Å². The van der Waals surface area contributed by atoms with Gasteiger partial charge < -0.3 is 39.9 Å². The lowest BCUT2D eigenvalue weighted by Crippen LogP contribution is -2.51. The van der Waals surface area contributed by atoms with E-state index in [2.05, 4.69) is 54.3 Å². The number of hydrogen-bond acceptors (Lipinski definition) is 8. The van der Waals surface area contributed by atoms with Gasteiger partial charge in [-0.05, 0) is 73.1 Å². The van der Waals surface area contributed by atoms with Gasteiger partial charge in [-0.1, -0.05) is 68.3 Å². The van der Waals surface area contributed by atoms with Gasteiger partial charge in [0.15, 0.2) is 11.6 Å². The maximum atomic E-state index is 15.4. The van der Waals surface area contributed by atoms with Crippen LogP contribution in [0.25, 0.3) is 22.4 Å². The van der Waals surface area contributed by atoms with E-state index in [1.807, 2.05) is 19.9 Å². The van der Waals surface area contributed by atoms with Crippen LogP contribution in [0.5, 0.6) is 0 Å². The Hall–Kier alpha value is -6.88. The second kappa shape index (κ2) is 22.2. The molecule has 2 saturated heterocycles. The first-order valence-electron chi connectivity index (χ1n) is 20.5. The number of hydrogen-bond donors (Lipinski definition) is 4. The Balaban J connectivity index is 0.00000397. The predicted molar refractivity (Wildman–Crippen MR) is 242 cm³/mol. The number of rotatable bonds is 10. The van der Waals surface area contributed by atoms with E-state index in [4.69, 9.17) is 9.47 Å². The summed E-state index contributed by atoms with van der Waals surface area (Å²) in [4.78, 5) is 70.8. The summed E-state index contributed by atoms with van der Waals surface area (Å²) < 4.78 is 39.5. The van der Waals surface area contributed by atoms with E-state index >= 15 is 4.39 Å². The number of ether oxygens (including phenoxy) is 2. The number of imidazole rings is 2. The van der Waals surface area contributed by atoms with Crippen LogP contribution in [0.15, 0.2) is 79.1 Å². The Morgan fingerprint density at radius 2 is 1.38 bits per heavy atom.